The zero-order valence-corrected chi connectivity index (χ0v) is 3.50. The van der Waals surface area contributed by atoms with E-state index in [1.807, 2.05) is 7.05 Å². The molecule has 1 radical (unpaired) electrons. The van der Waals surface area contributed by atoms with Crippen molar-refractivity contribution in [2.75, 3.05) is 7.05 Å². The lowest BCUT2D eigenvalue weighted by Gasteiger charge is -1.80. The molecule has 0 aromatic carbocycles. The van der Waals surface area contributed by atoms with Gasteiger partial charge in [0.05, 0.1) is 12.1 Å². The van der Waals surface area contributed by atoms with Gasteiger partial charge in [0.1, 0.15) is 0 Å². The summed E-state index contributed by atoms with van der Waals surface area (Å²) in [6, 6.07) is 0. The Labute approximate surface area is 36.0 Å². The van der Waals surface area contributed by atoms with Crippen molar-refractivity contribution in [2.45, 2.75) is 0 Å². The molecule has 0 atom stereocenters. The highest BCUT2D eigenvalue weighted by Crippen LogP contribution is 1.70. The molecule has 0 N–H and O–H groups in total. The van der Waals surface area contributed by atoms with Crippen LogP contribution < -0.4 is 5.10 Å². The third-order valence-corrected chi connectivity index (χ3v) is 0.534. The third-order valence-electron chi connectivity index (χ3n) is 0.534. The minimum atomic E-state index is 1.64. The zero-order valence-electron chi connectivity index (χ0n) is 3.50. The summed E-state index contributed by atoms with van der Waals surface area (Å²) in [7, 11) is 1.88. The summed E-state index contributed by atoms with van der Waals surface area (Å²) in [5, 5.41) is 7.07. The van der Waals surface area contributed by atoms with Crippen LogP contribution in [0.1, 0.15) is 0 Å². The molecule has 0 saturated carbocycles. The first-order valence-electron chi connectivity index (χ1n) is 1.68. The predicted molar refractivity (Wildman–Crippen MR) is 24.5 cm³/mol. The van der Waals surface area contributed by atoms with Gasteiger partial charge in [0.15, 0.2) is 0 Å². The first-order chi connectivity index (χ1) is 2.89. The molecule has 3 heteroatoms. The Balaban J connectivity index is 2.60. The molecule has 1 aliphatic rings. The first kappa shape index (κ1) is 3.33. The van der Waals surface area contributed by atoms with E-state index in [2.05, 4.69) is 10.2 Å². The average molecular weight is 83.1 g/mol. The van der Waals surface area contributed by atoms with Crippen molar-refractivity contribution in [1.29, 1.82) is 0 Å². The van der Waals surface area contributed by atoms with Crippen molar-refractivity contribution in [3.63, 3.8) is 0 Å². The highest BCUT2D eigenvalue weighted by atomic mass is 15.4. The van der Waals surface area contributed by atoms with Gasteiger partial charge in [0, 0.05) is 0 Å². The lowest BCUT2D eigenvalue weighted by atomic mass is 10.9. The van der Waals surface area contributed by atoms with E-state index in [0.717, 1.165) is 0 Å². The van der Waals surface area contributed by atoms with Crippen LogP contribution >= 0.6 is 0 Å². The fourth-order valence-electron chi connectivity index (χ4n) is 0.252. The minimum Gasteiger partial charge on any atom is -0.218 e. The second-order valence-corrected chi connectivity index (χ2v) is 1.13. The second-order valence-electron chi connectivity index (χ2n) is 1.13. The van der Waals surface area contributed by atoms with Gasteiger partial charge >= 0.3 is 6.34 Å². The highest BCUT2D eigenvalue weighted by Gasteiger charge is 1.99. The molecule has 6 heavy (non-hydrogen) atoms. The van der Waals surface area contributed by atoms with Crippen LogP contribution in [0.25, 0.3) is 0 Å². The molecule has 0 fully saturated rings. The summed E-state index contributed by atoms with van der Waals surface area (Å²) in [4.78, 5) is 1.78. The van der Waals surface area contributed by atoms with Crippen LogP contribution in [-0.2, 0) is 0 Å². The minimum absolute atomic E-state index is 1.64. The molecule has 0 aromatic heterocycles. The van der Waals surface area contributed by atoms with Gasteiger partial charge in [0.2, 0.25) is 6.34 Å². The lowest BCUT2D eigenvalue weighted by molar-refractivity contribution is 0.820. The first-order valence-corrected chi connectivity index (χ1v) is 1.68. The van der Waals surface area contributed by atoms with Gasteiger partial charge in [-0.1, -0.05) is 0 Å². The van der Waals surface area contributed by atoms with Crippen molar-refractivity contribution in [3.05, 3.63) is 0 Å². The fraction of sp³-hybridized carbons (Fsp3) is 0.333. The van der Waals surface area contributed by atoms with Crippen LogP contribution in [0.5, 0.6) is 0 Å². The Morgan fingerprint density at radius 2 is 2.67 bits per heavy atom. The second kappa shape index (κ2) is 1.08. The van der Waals surface area contributed by atoms with Crippen LogP contribution in [-0.4, -0.2) is 24.6 Å². The quantitative estimate of drug-likeness (QED) is 0.378. The average Bonchev–Trinajstić information content (AvgIpc) is 1.86. The van der Waals surface area contributed by atoms with Crippen molar-refractivity contribution in [2.24, 2.45) is 5.10 Å². The molecule has 1 rings (SSSR count). The summed E-state index contributed by atoms with van der Waals surface area (Å²) < 4.78 is 0. The monoisotopic (exact) mass is 83.0 g/mol. The van der Waals surface area contributed by atoms with Crippen LogP contribution in [0.4, 0.5) is 0 Å². The van der Waals surface area contributed by atoms with Gasteiger partial charge in [-0.2, -0.15) is 0 Å². The van der Waals surface area contributed by atoms with Crippen molar-refractivity contribution >= 4 is 12.7 Å². The summed E-state index contributed by atoms with van der Waals surface area (Å²) in [6.45, 7) is 0. The smallest absolute Gasteiger partial charge is 0.218 e. The molecule has 31 valence electrons. The Morgan fingerprint density at radius 1 is 1.83 bits per heavy atom. The third kappa shape index (κ3) is 0.381. The largest absolute Gasteiger partial charge is 0.315 e. The normalized spacial score (nSPS) is 17.2. The number of hydrogen-bond acceptors (Lipinski definition) is 3. The maximum Gasteiger partial charge on any atom is 0.315 e. The maximum atomic E-state index is 3.53. The van der Waals surface area contributed by atoms with Gasteiger partial charge < -0.3 is 0 Å². The van der Waals surface area contributed by atoms with Crippen LogP contribution in [0.3, 0.4) is 0 Å². The maximum absolute atomic E-state index is 3.53. The van der Waals surface area contributed by atoms with E-state index >= 15 is 0 Å². The zero-order chi connectivity index (χ0) is 4.41. The Bertz CT molecular complexity index is 82.2. The van der Waals surface area contributed by atoms with Gasteiger partial charge in [-0.05, 0) is 5.10 Å². The summed E-state index contributed by atoms with van der Waals surface area (Å²) in [6.07, 6.45) is 3.28. The van der Waals surface area contributed by atoms with E-state index in [1.165, 1.54) is 0 Å². The molecule has 0 spiro atoms. The molecule has 3 nitrogen and oxygen atoms in total. The van der Waals surface area contributed by atoms with Gasteiger partial charge in [-0.25, -0.2) is 4.90 Å². The SMILES string of the molecule is CN1C=N[N+]=C1. The topological polar surface area (TPSA) is 29.7 Å². The summed E-state index contributed by atoms with van der Waals surface area (Å²) in [5.41, 5.74) is 0. The van der Waals surface area contributed by atoms with Crippen molar-refractivity contribution in [3.8, 4) is 0 Å². The Morgan fingerprint density at radius 3 is 2.83 bits per heavy atom. The molecule has 0 aromatic rings. The summed E-state index contributed by atoms with van der Waals surface area (Å²) in [5.74, 6) is 0. The van der Waals surface area contributed by atoms with E-state index in [9.17, 15) is 0 Å². The van der Waals surface area contributed by atoms with Crippen LogP contribution in [0.2, 0.25) is 0 Å². The highest BCUT2D eigenvalue weighted by molar-refractivity contribution is 5.77. The number of nitrogens with zero attached hydrogens (tertiary/aromatic N) is 3. The molecule has 1 aliphatic heterocycles. The van der Waals surface area contributed by atoms with Crippen molar-refractivity contribution in [1.82, 2.24) is 10.0 Å². The van der Waals surface area contributed by atoms with E-state index in [0.29, 0.717) is 0 Å². The Kier molecular flexibility index (Phi) is 0.602. The van der Waals surface area contributed by atoms with Gasteiger partial charge in [-0.3, -0.25) is 0 Å². The predicted octanol–water partition coefficient (Wildman–Crippen LogP) is -0.761. The van der Waals surface area contributed by atoms with E-state index in [-0.39, 0.29) is 0 Å². The summed E-state index contributed by atoms with van der Waals surface area (Å²) >= 11 is 0. The molecule has 0 amide bonds. The molecule has 0 aliphatic carbocycles. The van der Waals surface area contributed by atoms with Crippen molar-refractivity contribution < 1.29 is 0 Å². The number of rotatable bonds is 0. The van der Waals surface area contributed by atoms with E-state index < -0.39 is 0 Å². The molecule has 0 bridgehead atoms. The number of hydrogen-bond donors (Lipinski definition) is 0. The molecular weight excluding hydrogens is 78.1 g/mol. The van der Waals surface area contributed by atoms with Crippen LogP contribution in [0.15, 0.2) is 5.10 Å². The molecule has 0 saturated heterocycles. The standard InChI is InChI=1S/C3H5N3/c1-6-2-4-5-3-6/h2-3H,1H3/q+1. The van der Waals surface area contributed by atoms with Gasteiger partial charge in [-0.15, -0.1) is 0 Å². The van der Waals surface area contributed by atoms with Gasteiger partial charge in [0.25, 0.3) is 0 Å². The van der Waals surface area contributed by atoms with E-state index in [1.54, 1.807) is 17.6 Å². The molecule has 1 heterocycles. The molecule has 0 unspecified atom stereocenters. The van der Waals surface area contributed by atoms with E-state index in [4.69, 9.17) is 0 Å². The Hall–Kier alpha value is -0.860. The lowest BCUT2D eigenvalue weighted by Crippen LogP contribution is -2.08. The molecular formula is C3H5N3+. The van der Waals surface area contributed by atoms with Crippen LogP contribution in [0, 0.1) is 0 Å². The fourth-order valence-corrected chi connectivity index (χ4v) is 0.252.